The average molecular weight is 520 g/mol. The van der Waals surface area contributed by atoms with Crippen LogP contribution in [0.1, 0.15) is 28.8 Å². The predicted octanol–water partition coefficient (Wildman–Crippen LogP) is 4.48. The lowest BCUT2D eigenvalue weighted by Gasteiger charge is -2.13. The lowest BCUT2D eigenvalue weighted by Crippen LogP contribution is -2.27. The van der Waals surface area contributed by atoms with Gasteiger partial charge in [-0.1, -0.05) is 21.9 Å². The van der Waals surface area contributed by atoms with Crippen LogP contribution in [0.4, 0.5) is 4.79 Å². The van der Waals surface area contributed by atoms with Crippen molar-refractivity contribution in [2.75, 3.05) is 20.3 Å². The van der Waals surface area contributed by atoms with E-state index in [4.69, 9.17) is 20.3 Å². The van der Waals surface area contributed by atoms with Crippen molar-refractivity contribution in [2.24, 2.45) is 0 Å². The van der Waals surface area contributed by atoms with Crippen molar-refractivity contribution in [3.05, 3.63) is 50.7 Å². The van der Waals surface area contributed by atoms with Crippen LogP contribution < -0.4 is 9.47 Å². The minimum absolute atomic E-state index is 0.00968. The summed E-state index contributed by atoms with van der Waals surface area (Å²) in [6.07, 6.45) is 6.84. The predicted molar refractivity (Wildman–Crippen MR) is 121 cm³/mol. The van der Waals surface area contributed by atoms with E-state index in [9.17, 15) is 14.4 Å². The van der Waals surface area contributed by atoms with Gasteiger partial charge in [-0.05, 0) is 54.6 Å². The first-order chi connectivity index (χ1) is 15.4. The van der Waals surface area contributed by atoms with Crippen molar-refractivity contribution in [1.82, 2.24) is 4.90 Å². The highest BCUT2D eigenvalue weighted by atomic mass is 79.9. The van der Waals surface area contributed by atoms with Gasteiger partial charge in [-0.3, -0.25) is 14.5 Å². The molecular formula is C22H18BrNO7S. The standard InChI is InChI=1S/C22H18BrNO7S/c1-4-8-30-18-11-15(23)13(9-17(18)29-5-2)10-19-20(25)24(22(27)32-19)12-14-6-7-16(31-14)21(26)28-3/h1,6-7,9-11H,5,8,12H2,2-3H3/b19-10+. The fourth-order valence-corrected chi connectivity index (χ4v) is 4.03. The van der Waals surface area contributed by atoms with Gasteiger partial charge in [0.25, 0.3) is 11.1 Å². The quantitative estimate of drug-likeness (QED) is 0.286. The van der Waals surface area contributed by atoms with Gasteiger partial charge in [-0.2, -0.15) is 0 Å². The van der Waals surface area contributed by atoms with Crippen LogP contribution in [0.25, 0.3) is 6.08 Å². The van der Waals surface area contributed by atoms with Crippen LogP contribution in [0.3, 0.4) is 0 Å². The SMILES string of the molecule is C#CCOc1cc(Br)c(/C=C2/SC(=O)N(Cc3ccc(C(=O)OC)o3)C2=O)cc1OCC. The molecule has 0 radical (unpaired) electrons. The van der Waals surface area contributed by atoms with Gasteiger partial charge < -0.3 is 18.6 Å². The summed E-state index contributed by atoms with van der Waals surface area (Å²) in [5.74, 6) is 2.47. The topological polar surface area (TPSA) is 95.3 Å². The number of benzene rings is 1. The number of carbonyl (C=O) groups excluding carboxylic acids is 3. The Balaban J connectivity index is 1.83. The zero-order valence-electron chi connectivity index (χ0n) is 17.2. The monoisotopic (exact) mass is 519 g/mol. The van der Waals surface area contributed by atoms with E-state index in [-0.39, 0.29) is 29.6 Å². The first kappa shape index (κ1) is 23.5. The minimum Gasteiger partial charge on any atom is -0.490 e. The second kappa shape index (κ2) is 10.4. The number of nitrogens with zero attached hydrogens (tertiary/aromatic N) is 1. The van der Waals surface area contributed by atoms with Gasteiger partial charge in [0.1, 0.15) is 12.4 Å². The Morgan fingerprint density at radius 3 is 2.72 bits per heavy atom. The van der Waals surface area contributed by atoms with Gasteiger partial charge in [0.2, 0.25) is 5.76 Å². The third kappa shape index (κ3) is 5.18. The highest BCUT2D eigenvalue weighted by Crippen LogP contribution is 2.38. The molecule has 0 unspecified atom stereocenters. The summed E-state index contributed by atoms with van der Waals surface area (Å²) in [5, 5.41) is -0.451. The van der Waals surface area contributed by atoms with Crippen LogP contribution in [0, 0.1) is 12.3 Å². The number of imide groups is 1. The maximum Gasteiger partial charge on any atom is 0.373 e. The van der Waals surface area contributed by atoms with Crippen molar-refractivity contribution >= 4 is 50.9 Å². The van der Waals surface area contributed by atoms with Crippen LogP contribution in [-0.2, 0) is 16.1 Å². The highest BCUT2D eigenvalue weighted by molar-refractivity contribution is 9.10. The smallest absolute Gasteiger partial charge is 0.373 e. The van der Waals surface area contributed by atoms with Crippen molar-refractivity contribution in [2.45, 2.75) is 13.5 Å². The number of rotatable bonds is 8. The number of furan rings is 1. The lowest BCUT2D eigenvalue weighted by atomic mass is 10.1. The van der Waals surface area contributed by atoms with Crippen LogP contribution >= 0.6 is 27.7 Å². The van der Waals surface area contributed by atoms with E-state index in [1.54, 1.807) is 18.2 Å². The molecule has 2 amide bonds. The van der Waals surface area contributed by atoms with Crippen LogP contribution in [0.2, 0.25) is 0 Å². The third-order valence-electron chi connectivity index (χ3n) is 4.20. The second-order valence-electron chi connectivity index (χ2n) is 6.27. The molecule has 10 heteroatoms. The molecule has 2 heterocycles. The van der Waals surface area contributed by atoms with E-state index < -0.39 is 17.1 Å². The van der Waals surface area contributed by atoms with Crippen molar-refractivity contribution in [3.63, 3.8) is 0 Å². The molecule has 0 bridgehead atoms. The third-order valence-corrected chi connectivity index (χ3v) is 5.79. The Morgan fingerprint density at radius 1 is 1.28 bits per heavy atom. The molecule has 1 fully saturated rings. The lowest BCUT2D eigenvalue weighted by molar-refractivity contribution is -0.123. The molecule has 0 aliphatic carbocycles. The maximum absolute atomic E-state index is 12.8. The van der Waals surface area contributed by atoms with E-state index in [1.165, 1.54) is 19.2 Å². The largest absolute Gasteiger partial charge is 0.490 e. The Morgan fingerprint density at radius 2 is 2.03 bits per heavy atom. The van der Waals surface area contributed by atoms with Crippen LogP contribution in [0.15, 0.2) is 38.1 Å². The molecule has 3 rings (SSSR count). The number of carbonyl (C=O) groups is 3. The van der Waals surface area contributed by atoms with Gasteiger partial charge in [-0.15, -0.1) is 6.42 Å². The summed E-state index contributed by atoms with van der Waals surface area (Å²) in [5.41, 5.74) is 0.623. The van der Waals surface area contributed by atoms with Crippen molar-refractivity contribution in [3.8, 4) is 23.8 Å². The van der Waals surface area contributed by atoms with Gasteiger partial charge in [0.15, 0.2) is 11.5 Å². The molecule has 8 nitrogen and oxygen atoms in total. The second-order valence-corrected chi connectivity index (χ2v) is 8.12. The van der Waals surface area contributed by atoms with E-state index in [0.717, 1.165) is 16.7 Å². The van der Waals surface area contributed by atoms with Gasteiger partial charge >= 0.3 is 5.97 Å². The Hall–Kier alpha value is -3.16. The Bertz CT molecular complexity index is 1130. The number of hydrogen-bond acceptors (Lipinski definition) is 8. The first-order valence-corrected chi connectivity index (χ1v) is 10.9. The van der Waals surface area contributed by atoms with Crippen molar-refractivity contribution in [1.29, 1.82) is 0 Å². The van der Waals surface area contributed by atoms with Crippen LogP contribution in [-0.4, -0.2) is 42.3 Å². The summed E-state index contributed by atoms with van der Waals surface area (Å²) in [6, 6.07) is 6.32. The number of thioether (sulfide) groups is 1. The molecule has 0 atom stereocenters. The summed E-state index contributed by atoms with van der Waals surface area (Å²) in [4.78, 5) is 38.1. The Kier molecular flexibility index (Phi) is 7.66. The maximum atomic E-state index is 12.8. The number of esters is 1. The average Bonchev–Trinajstić information content (AvgIpc) is 3.35. The molecule has 166 valence electrons. The Labute approximate surface area is 197 Å². The summed E-state index contributed by atoms with van der Waals surface area (Å²) in [6.45, 7) is 2.21. The molecule has 0 saturated carbocycles. The number of terminal acetylenes is 1. The first-order valence-electron chi connectivity index (χ1n) is 9.32. The van der Waals surface area contributed by atoms with Gasteiger partial charge in [-0.25, -0.2) is 4.79 Å². The van der Waals surface area contributed by atoms with E-state index in [2.05, 4.69) is 26.6 Å². The van der Waals surface area contributed by atoms with E-state index in [1.807, 2.05) is 6.92 Å². The van der Waals surface area contributed by atoms with Gasteiger partial charge in [0.05, 0.1) is 25.2 Å². The fourth-order valence-electron chi connectivity index (χ4n) is 2.77. The number of methoxy groups -OCH3 is 1. The number of ether oxygens (including phenoxy) is 3. The zero-order valence-corrected chi connectivity index (χ0v) is 19.6. The normalized spacial score (nSPS) is 14.6. The molecule has 0 N–H and O–H groups in total. The van der Waals surface area contributed by atoms with Gasteiger partial charge in [0, 0.05) is 4.47 Å². The summed E-state index contributed by atoms with van der Waals surface area (Å²) >= 11 is 4.25. The van der Waals surface area contributed by atoms with E-state index in [0.29, 0.717) is 28.1 Å². The molecule has 0 spiro atoms. The molecular weight excluding hydrogens is 502 g/mol. The highest BCUT2D eigenvalue weighted by Gasteiger charge is 2.36. The van der Waals surface area contributed by atoms with Crippen molar-refractivity contribution < 1.29 is 33.0 Å². The molecule has 32 heavy (non-hydrogen) atoms. The van der Waals surface area contributed by atoms with E-state index >= 15 is 0 Å². The summed E-state index contributed by atoms with van der Waals surface area (Å²) in [7, 11) is 1.23. The number of hydrogen-bond donors (Lipinski definition) is 0. The number of amides is 2. The molecule has 2 aromatic rings. The zero-order chi connectivity index (χ0) is 23.3. The summed E-state index contributed by atoms with van der Waals surface area (Å²) < 4.78 is 21.7. The molecule has 1 aromatic heterocycles. The molecule has 1 aliphatic heterocycles. The fraction of sp³-hybridized carbons (Fsp3) is 0.227. The van der Waals surface area contributed by atoms with Crippen LogP contribution in [0.5, 0.6) is 11.5 Å². The number of halogens is 1. The molecule has 1 saturated heterocycles. The molecule has 1 aliphatic rings. The minimum atomic E-state index is -0.644. The molecule has 1 aromatic carbocycles.